The van der Waals surface area contributed by atoms with Crippen LogP contribution < -0.4 is 5.73 Å². The quantitative estimate of drug-likeness (QED) is 0.867. The summed E-state index contributed by atoms with van der Waals surface area (Å²) in [6.45, 7) is 1.89. The van der Waals surface area contributed by atoms with Crippen molar-refractivity contribution in [3.05, 3.63) is 58.6 Å². The number of benzene rings is 1. The predicted molar refractivity (Wildman–Crippen MR) is 64.3 cm³/mol. The SMILES string of the molecule is Cc1cnc(C(N)c2cccc(Cl)c2)cn1. The number of halogens is 1. The highest BCUT2D eigenvalue weighted by Crippen LogP contribution is 2.20. The summed E-state index contributed by atoms with van der Waals surface area (Å²) in [7, 11) is 0. The second-order valence-corrected chi connectivity index (χ2v) is 4.05. The monoisotopic (exact) mass is 233 g/mol. The third kappa shape index (κ3) is 2.38. The minimum Gasteiger partial charge on any atom is -0.319 e. The summed E-state index contributed by atoms with van der Waals surface area (Å²) < 4.78 is 0. The molecule has 0 fully saturated rings. The topological polar surface area (TPSA) is 51.8 Å². The molecular weight excluding hydrogens is 222 g/mol. The van der Waals surface area contributed by atoms with E-state index < -0.39 is 0 Å². The highest BCUT2D eigenvalue weighted by Gasteiger charge is 2.10. The molecule has 4 heteroatoms. The van der Waals surface area contributed by atoms with Gasteiger partial charge in [0.25, 0.3) is 0 Å². The van der Waals surface area contributed by atoms with Crippen LogP contribution in [0.5, 0.6) is 0 Å². The fourth-order valence-corrected chi connectivity index (χ4v) is 1.63. The minimum atomic E-state index is -0.285. The normalized spacial score (nSPS) is 12.4. The first-order valence-corrected chi connectivity index (χ1v) is 5.34. The Bertz CT molecular complexity index is 482. The van der Waals surface area contributed by atoms with Gasteiger partial charge in [0.1, 0.15) is 0 Å². The van der Waals surface area contributed by atoms with Gasteiger partial charge in [0.2, 0.25) is 0 Å². The molecule has 0 saturated carbocycles. The van der Waals surface area contributed by atoms with Crippen molar-refractivity contribution >= 4 is 11.6 Å². The number of nitrogens with two attached hydrogens (primary N) is 1. The van der Waals surface area contributed by atoms with Crippen molar-refractivity contribution in [1.29, 1.82) is 0 Å². The highest BCUT2D eigenvalue weighted by molar-refractivity contribution is 6.30. The van der Waals surface area contributed by atoms with Crippen LogP contribution >= 0.6 is 11.6 Å². The lowest BCUT2D eigenvalue weighted by Gasteiger charge is -2.11. The fraction of sp³-hybridized carbons (Fsp3) is 0.167. The van der Waals surface area contributed by atoms with Gasteiger partial charge in [-0.2, -0.15) is 0 Å². The molecule has 0 aliphatic heterocycles. The average Bonchev–Trinajstić information content (AvgIpc) is 2.29. The Morgan fingerprint density at radius 1 is 1.25 bits per heavy atom. The highest BCUT2D eigenvalue weighted by atomic mass is 35.5. The molecule has 1 aromatic carbocycles. The smallest absolute Gasteiger partial charge is 0.0799 e. The van der Waals surface area contributed by atoms with Crippen LogP contribution in [0.3, 0.4) is 0 Å². The predicted octanol–water partition coefficient (Wildman–Crippen LogP) is 2.49. The van der Waals surface area contributed by atoms with Crippen molar-refractivity contribution in [2.75, 3.05) is 0 Å². The summed E-state index contributed by atoms with van der Waals surface area (Å²) in [5.41, 5.74) is 8.63. The zero-order valence-electron chi connectivity index (χ0n) is 8.89. The summed E-state index contributed by atoms with van der Waals surface area (Å²) in [6, 6.07) is 7.18. The van der Waals surface area contributed by atoms with E-state index >= 15 is 0 Å². The number of aryl methyl sites for hydroxylation is 1. The first-order valence-electron chi connectivity index (χ1n) is 4.96. The first kappa shape index (κ1) is 11.0. The van der Waals surface area contributed by atoms with Crippen molar-refractivity contribution in [3.8, 4) is 0 Å². The largest absolute Gasteiger partial charge is 0.319 e. The molecule has 1 atom stereocenters. The fourth-order valence-electron chi connectivity index (χ4n) is 1.43. The van der Waals surface area contributed by atoms with Crippen molar-refractivity contribution in [3.63, 3.8) is 0 Å². The molecule has 2 N–H and O–H groups in total. The molecule has 0 amide bonds. The number of rotatable bonds is 2. The molecule has 0 bridgehead atoms. The van der Waals surface area contributed by atoms with Crippen LogP contribution in [0.2, 0.25) is 5.02 Å². The van der Waals surface area contributed by atoms with Gasteiger partial charge >= 0.3 is 0 Å². The maximum atomic E-state index is 6.07. The van der Waals surface area contributed by atoms with Crippen molar-refractivity contribution in [1.82, 2.24) is 9.97 Å². The molecule has 0 aliphatic rings. The van der Waals surface area contributed by atoms with Gasteiger partial charge < -0.3 is 5.73 Å². The second kappa shape index (κ2) is 4.60. The van der Waals surface area contributed by atoms with E-state index in [0.717, 1.165) is 17.0 Å². The van der Waals surface area contributed by atoms with E-state index in [2.05, 4.69) is 9.97 Å². The number of hydrogen-bond donors (Lipinski definition) is 1. The standard InChI is InChI=1S/C12H12ClN3/c1-8-6-16-11(7-15-8)12(14)9-3-2-4-10(13)5-9/h2-7,12H,14H2,1H3. The van der Waals surface area contributed by atoms with E-state index in [1.807, 2.05) is 31.2 Å². The molecule has 0 saturated heterocycles. The minimum absolute atomic E-state index is 0.285. The molecule has 1 unspecified atom stereocenters. The van der Waals surface area contributed by atoms with E-state index in [1.54, 1.807) is 12.4 Å². The molecule has 2 aromatic rings. The zero-order chi connectivity index (χ0) is 11.5. The lowest BCUT2D eigenvalue weighted by molar-refractivity contribution is 0.813. The lowest BCUT2D eigenvalue weighted by Crippen LogP contribution is -2.13. The number of aromatic nitrogens is 2. The van der Waals surface area contributed by atoms with E-state index in [-0.39, 0.29) is 6.04 Å². The van der Waals surface area contributed by atoms with Gasteiger partial charge in [-0.15, -0.1) is 0 Å². The molecule has 0 spiro atoms. The van der Waals surface area contributed by atoms with Crippen molar-refractivity contribution in [2.45, 2.75) is 13.0 Å². The van der Waals surface area contributed by atoms with Gasteiger partial charge in [-0.05, 0) is 24.6 Å². The van der Waals surface area contributed by atoms with E-state index in [9.17, 15) is 0 Å². The number of hydrogen-bond acceptors (Lipinski definition) is 3. The average molecular weight is 234 g/mol. The Morgan fingerprint density at radius 3 is 2.69 bits per heavy atom. The maximum Gasteiger partial charge on any atom is 0.0799 e. The van der Waals surface area contributed by atoms with E-state index in [1.165, 1.54) is 0 Å². The van der Waals surface area contributed by atoms with Crippen LogP contribution in [-0.2, 0) is 0 Å². The van der Waals surface area contributed by atoms with Crippen molar-refractivity contribution < 1.29 is 0 Å². The summed E-state index contributed by atoms with van der Waals surface area (Å²) in [4.78, 5) is 8.43. The summed E-state index contributed by atoms with van der Waals surface area (Å²) in [6.07, 6.45) is 3.40. The van der Waals surface area contributed by atoms with Crippen LogP contribution in [0.15, 0.2) is 36.7 Å². The van der Waals surface area contributed by atoms with Crippen LogP contribution in [0, 0.1) is 6.92 Å². The summed E-state index contributed by atoms with van der Waals surface area (Å²) >= 11 is 5.91. The first-order chi connectivity index (χ1) is 7.66. The van der Waals surface area contributed by atoms with Crippen LogP contribution in [0.4, 0.5) is 0 Å². The molecule has 1 aromatic heterocycles. The number of nitrogens with zero attached hydrogens (tertiary/aromatic N) is 2. The molecule has 16 heavy (non-hydrogen) atoms. The molecule has 82 valence electrons. The van der Waals surface area contributed by atoms with Gasteiger partial charge in [-0.1, -0.05) is 23.7 Å². The lowest BCUT2D eigenvalue weighted by atomic mass is 10.1. The molecule has 2 rings (SSSR count). The summed E-state index contributed by atoms with van der Waals surface area (Å²) in [5, 5.41) is 0.674. The Hall–Kier alpha value is -1.45. The second-order valence-electron chi connectivity index (χ2n) is 3.62. The van der Waals surface area contributed by atoms with Crippen LogP contribution in [0.1, 0.15) is 23.0 Å². The molecule has 0 radical (unpaired) electrons. The zero-order valence-corrected chi connectivity index (χ0v) is 9.65. The maximum absolute atomic E-state index is 6.07. The molecular formula is C12H12ClN3. The van der Waals surface area contributed by atoms with E-state index in [0.29, 0.717) is 5.02 Å². The third-order valence-electron chi connectivity index (χ3n) is 2.33. The van der Waals surface area contributed by atoms with Gasteiger partial charge in [-0.3, -0.25) is 9.97 Å². The van der Waals surface area contributed by atoms with E-state index in [4.69, 9.17) is 17.3 Å². The molecule has 1 heterocycles. The van der Waals surface area contributed by atoms with Gasteiger partial charge in [0, 0.05) is 11.2 Å². The molecule has 3 nitrogen and oxygen atoms in total. The summed E-state index contributed by atoms with van der Waals surface area (Å²) in [5.74, 6) is 0. The molecule has 0 aliphatic carbocycles. The van der Waals surface area contributed by atoms with Crippen molar-refractivity contribution in [2.24, 2.45) is 5.73 Å². The van der Waals surface area contributed by atoms with Crippen LogP contribution in [-0.4, -0.2) is 9.97 Å². The Balaban J connectivity index is 2.31. The third-order valence-corrected chi connectivity index (χ3v) is 2.56. The Labute approximate surface area is 99.3 Å². The van der Waals surface area contributed by atoms with Gasteiger partial charge in [0.15, 0.2) is 0 Å². The van der Waals surface area contributed by atoms with Gasteiger partial charge in [-0.25, -0.2) is 0 Å². The Kier molecular flexibility index (Phi) is 3.17. The van der Waals surface area contributed by atoms with Crippen LogP contribution in [0.25, 0.3) is 0 Å². The van der Waals surface area contributed by atoms with Gasteiger partial charge in [0.05, 0.1) is 23.6 Å². The Morgan fingerprint density at radius 2 is 2.06 bits per heavy atom.